The Labute approximate surface area is 170 Å². The third kappa shape index (κ3) is 4.83. The molecule has 1 aromatic heterocycles. The maximum Gasteiger partial charge on any atom is 0.410 e. The Hall–Kier alpha value is -2.12. The first kappa shape index (κ1) is 20.6. The molecule has 28 heavy (non-hydrogen) atoms. The number of amides is 1. The first-order valence-corrected chi connectivity index (χ1v) is 11.1. The number of nitrogens with zero attached hydrogens (tertiary/aromatic N) is 2. The Bertz CT molecular complexity index is 1010. The van der Waals surface area contributed by atoms with E-state index in [1.54, 1.807) is 23.2 Å². The van der Waals surface area contributed by atoms with Crippen LogP contribution in [0.3, 0.4) is 0 Å². The van der Waals surface area contributed by atoms with E-state index in [9.17, 15) is 13.2 Å². The number of hydrogen-bond donors (Lipinski definition) is 0. The number of aromatic nitrogens is 1. The van der Waals surface area contributed by atoms with E-state index in [0.29, 0.717) is 23.7 Å². The van der Waals surface area contributed by atoms with Crippen molar-refractivity contribution in [2.45, 2.75) is 37.2 Å². The number of likely N-dealkylation sites (tertiary alicyclic amines) is 1. The summed E-state index contributed by atoms with van der Waals surface area (Å²) in [5.74, 6) is 0.112. The van der Waals surface area contributed by atoms with E-state index in [0.717, 1.165) is 17.5 Å². The van der Waals surface area contributed by atoms with Gasteiger partial charge >= 0.3 is 6.09 Å². The van der Waals surface area contributed by atoms with E-state index in [-0.39, 0.29) is 16.9 Å². The summed E-state index contributed by atoms with van der Waals surface area (Å²) < 4.78 is 29.1. The average Bonchev–Trinajstić information content (AvgIpc) is 2.50. The van der Waals surface area contributed by atoms with Crippen molar-refractivity contribution >= 4 is 27.5 Å². The molecule has 6 nitrogen and oxygen atoms in total. The third-order valence-electron chi connectivity index (χ3n) is 4.37. The molecule has 1 fully saturated rings. The molecule has 8 heteroatoms. The molecule has 1 aromatic carbocycles. The second-order valence-electron chi connectivity index (χ2n) is 8.00. The SMILES string of the molecule is CC(C)(C)OC(=O)N1CC(c2cc(-c3cc(Cl)cc(S(C)(=O)=O)c3)ccn2)C1. The van der Waals surface area contributed by atoms with E-state index in [1.807, 2.05) is 32.9 Å². The van der Waals surface area contributed by atoms with Crippen molar-refractivity contribution in [3.8, 4) is 11.1 Å². The van der Waals surface area contributed by atoms with Crippen LogP contribution in [0.1, 0.15) is 32.4 Å². The summed E-state index contributed by atoms with van der Waals surface area (Å²) >= 11 is 6.12. The van der Waals surface area contributed by atoms with Crippen LogP contribution in [-0.4, -0.2) is 49.3 Å². The number of hydrogen-bond acceptors (Lipinski definition) is 5. The Balaban J connectivity index is 1.78. The molecule has 0 spiro atoms. The number of carbonyl (C=O) groups is 1. The number of ether oxygens (including phenoxy) is 1. The molecule has 0 unspecified atom stereocenters. The van der Waals surface area contributed by atoms with E-state index in [4.69, 9.17) is 16.3 Å². The van der Waals surface area contributed by atoms with Gasteiger partial charge in [-0.3, -0.25) is 4.98 Å². The van der Waals surface area contributed by atoms with Crippen LogP contribution in [0.5, 0.6) is 0 Å². The first-order chi connectivity index (χ1) is 12.9. The van der Waals surface area contributed by atoms with Crippen molar-refractivity contribution < 1.29 is 17.9 Å². The Morgan fingerprint density at radius 2 is 1.86 bits per heavy atom. The highest BCUT2D eigenvalue weighted by Crippen LogP contribution is 2.31. The quantitative estimate of drug-likeness (QED) is 0.742. The summed E-state index contributed by atoms with van der Waals surface area (Å²) in [6, 6.07) is 8.49. The lowest BCUT2D eigenvalue weighted by Crippen LogP contribution is -2.50. The van der Waals surface area contributed by atoms with Gasteiger partial charge in [-0.25, -0.2) is 13.2 Å². The summed E-state index contributed by atoms with van der Waals surface area (Å²) in [7, 11) is -3.37. The molecule has 1 aliphatic rings. The summed E-state index contributed by atoms with van der Waals surface area (Å²) in [6.45, 7) is 6.58. The zero-order chi connectivity index (χ0) is 20.7. The molecule has 0 radical (unpaired) electrons. The van der Waals surface area contributed by atoms with Crippen LogP contribution in [0.15, 0.2) is 41.4 Å². The van der Waals surface area contributed by atoms with Crippen molar-refractivity contribution in [1.82, 2.24) is 9.88 Å². The van der Waals surface area contributed by atoms with Gasteiger partial charge in [-0.15, -0.1) is 0 Å². The summed E-state index contributed by atoms with van der Waals surface area (Å²) in [4.78, 5) is 18.3. The highest BCUT2D eigenvalue weighted by atomic mass is 35.5. The predicted molar refractivity (Wildman–Crippen MR) is 108 cm³/mol. The Morgan fingerprint density at radius 3 is 2.46 bits per heavy atom. The van der Waals surface area contributed by atoms with Gasteiger partial charge < -0.3 is 9.64 Å². The summed E-state index contributed by atoms with van der Waals surface area (Å²) in [5.41, 5.74) is 1.86. The van der Waals surface area contributed by atoms with Gasteiger partial charge in [0, 0.05) is 42.2 Å². The van der Waals surface area contributed by atoms with E-state index >= 15 is 0 Å². The van der Waals surface area contributed by atoms with Gasteiger partial charge in [0.05, 0.1) is 4.90 Å². The molecule has 0 N–H and O–H groups in total. The Kier molecular flexibility index (Phi) is 5.42. The lowest BCUT2D eigenvalue weighted by atomic mass is 9.94. The minimum absolute atomic E-state index is 0.112. The molecular formula is C20H23ClN2O4S. The molecular weight excluding hydrogens is 400 g/mol. The number of pyridine rings is 1. The minimum Gasteiger partial charge on any atom is -0.444 e. The molecule has 1 aliphatic heterocycles. The van der Waals surface area contributed by atoms with Gasteiger partial charge in [0.15, 0.2) is 9.84 Å². The van der Waals surface area contributed by atoms with Crippen molar-refractivity contribution in [2.24, 2.45) is 0 Å². The van der Waals surface area contributed by atoms with Gasteiger partial charge in [0.2, 0.25) is 0 Å². The maximum absolute atomic E-state index is 12.1. The maximum atomic E-state index is 12.1. The van der Waals surface area contributed by atoms with Crippen LogP contribution < -0.4 is 0 Å². The molecule has 1 amide bonds. The lowest BCUT2D eigenvalue weighted by molar-refractivity contribution is 0.00788. The van der Waals surface area contributed by atoms with Crippen LogP contribution >= 0.6 is 11.6 Å². The largest absolute Gasteiger partial charge is 0.444 e. The molecule has 150 valence electrons. The standard InChI is InChI=1S/C20H23ClN2O4S/c1-20(2,3)27-19(24)23-11-15(12-23)18-9-13(5-6-22-18)14-7-16(21)10-17(8-14)28(4,25)26/h5-10,15H,11-12H2,1-4H3. The van der Waals surface area contributed by atoms with E-state index in [1.165, 1.54) is 6.07 Å². The second-order valence-corrected chi connectivity index (χ2v) is 10.5. The lowest BCUT2D eigenvalue weighted by Gasteiger charge is -2.39. The summed E-state index contributed by atoms with van der Waals surface area (Å²) in [6.07, 6.45) is 2.51. The van der Waals surface area contributed by atoms with Crippen molar-refractivity contribution in [1.29, 1.82) is 0 Å². The van der Waals surface area contributed by atoms with Crippen LogP contribution in [0, 0.1) is 0 Å². The van der Waals surface area contributed by atoms with Crippen LogP contribution in [-0.2, 0) is 14.6 Å². The van der Waals surface area contributed by atoms with Crippen LogP contribution in [0.25, 0.3) is 11.1 Å². The minimum atomic E-state index is -3.37. The Morgan fingerprint density at radius 1 is 1.18 bits per heavy atom. The molecule has 0 saturated carbocycles. The molecule has 0 aliphatic carbocycles. The van der Waals surface area contributed by atoms with E-state index < -0.39 is 15.4 Å². The van der Waals surface area contributed by atoms with Gasteiger partial charge in [-0.1, -0.05) is 11.6 Å². The number of halogens is 1. The number of carbonyl (C=O) groups excluding carboxylic acids is 1. The monoisotopic (exact) mass is 422 g/mol. The number of benzene rings is 1. The fourth-order valence-electron chi connectivity index (χ4n) is 2.94. The van der Waals surface area contributed by atoms with Gasteiger partial charge in [0.25, 0.3) is 0 Å². The molecule has 2 aromatic rings. The fraction of sp³-hybridized carbons (Fsp3) is 0.400. The molecule has 1 saturated heterocycles. The van der Waals surface area contributed by atoms with Crippen molar-refractivity contribution in [3.63, 3.8) is 0 Å². The summed E-state index contributed by atoms with van der Waals surface area (Å²) in [5, 5.41) is 0.357. The van der Waals surface area contributed by atoms with Crippen molar-refractivity contribution in [2.75, 3.05) is 19.3 Å². The smallest absolute Gasteiger partial charge is 0.410 e. The van der Waals surface area contributed by atoms with Gasteiger partial charge in [-0.05, 0) is 62.2 Å². The van der Waals surface area contributed by atoms with Crippen LogP contribution in [0.2, 0.25) is 5.02 Å². The second kappa shape index (κ2) is 7.37. The molecule has 2 heterocycles. The van der Waals surface area contributed by atoms with Crippen molar-refractivity contribution in [3.05, 3.63) is 47.2 Å². The zero-order valence-electron chi connectivity index (χ0n) is 16.3. The van der Waals surface area contributed by atoms with E-state index in [2.05, 4.69) is 4.98 Å². The molecule has 0 bridgehead atoms. The normalized spacial score (nSPS) is 15.2. The van der Waals surface area contributed by atoms with Gasteiger partial charge in [-0.2, -0.15) is 0 Å². The fourth-order valence-corrected chi connectivity index (χ4v) is 3.92. The average molecular weight is 423 g/mol. The van der Waals surface area contributed by atoms with Gasteiger partial charge in [0.1, 0.15) is 5.60 Å². The number of rotatable bonds is 3. The molecule has 0 atom stereocenters. The molecule has 3 rings (SSSR count). The third-order valence-corrected chi connectivity index (χ3v) is 5.68. The topological polar surface area (TPSA) is 76.6 Å². The highest BCUT2D eigenvalue weighted by molar-refractivity contribution is 7.90. The first-order valence-electron chi connectivity index (χ1n) is 8.87. The zero-order valence-corrected chi connectivity index (χ0v) is 17.8. The van der Waals surface area contributed by atoms with Crippen LogP contribution in [0.4, 0.5) is 4.79 Å². The predicted octanol–water partition coefficient (Wildman–Crippen LogP) is 4.14. The highest BCUT2D eigenvalue weighted by Gasteiger charge is 2.35. The number of sulfone groups is 1.